The van der Waals surface area contributed by atoms with Crippen molar-refractivity contribution in [1.82, 2.24) is 19.7 Å². The molecule has 3 aromatic carbocycles. The van der Waals surface area contributed by atoms with Gasteiger partial charge in [-0.2, -0.15) is 27.9 Å². The Hall–Kier alpha value is -4.91. The van der Waals surface area contributed by atoms with Gasteiger partial charge in [-0.1, -0.05) is 36.4 Å². The third kappa shape index (κ3) is 7.25. The van der Waals surface area contributed by atoms with Crippen molar-refractivity contribution < 1.29 is 32.2 Å². The lowest BCUT2D eigenvalue weighted by molar-refractivity contribution is -0.137. The van der Waals surface area contributed by atoms with E-state index in [4.69, 9.17) is 14.2 Å². The Bertz CT molecular complexity index is 1890. The summed E-state index contributed by atoms with van der Waals surface area (Å²) in [5.41, 5.74) is 1.56. The van der Waals surface area contributed by atoms with Gasteiger partial charge in [-0.05, 0) is 84.2 Å². The van der Waals surface area contributed by atoms with Gasteiger partial charge < -0.3 is 14.2 Å². The first-order valence-electron chi connectivity index (χ1n) is 14.4. The maximum absolute atomic E-state index is 14.3. The fourth-order valence-corrected chi connectivity index (χ4v) is 5.14. The van der Waals surface area contributed by atoms with Gasteiger partial charge in [0.05, 0.1) is 43.3 Å². The number of halogens is 4. The smallest absolute Gasteiger partial charge is 0.417 e. The van der Waals surface area contributed by atoms with E-state index in [2.05, 4.69) is 31.0 Å². The van der Waals surface area contributed by atoms with Gasteiger partial charge in [0.25, 0.3) is 11.9 Å². The van der Waals surface area contributed by atoms with Crippen molar-refractivity contribution in [1.29, 1.82) is 0 Å². The number of rotatable bonds is 10. The number of ether oxygens (including phenoxy) is 3. The number of amides is 1. The van der Waals surface area contributed by atoms with Crippen molar-refractivity contribution >= 4 is 27.7 Å². The molecule has 0 aliphatic carbocycles. The highest BCUT2D eigenvalue weighted by Crippen LogP contribution is 2.36. The van der Waals surface area contributed by atoms with E-state index in [1.807, 2.05) is 24.3 Å². The molecule has 47 heavy (non-hydrogen) atoms. The normalized spacial score (nSPS) is 11.3. The van der Waals surface area contributed by atoms with Crippen LogP contribution in [-0.2, 0) is 19.3 Å². The number of benzene rings is 3. The third-order valence-electron chi connectivity index (χ3n) is 7.49. The molecule has 0 saturated heterocycles. The van der Waals surface area contributed by atoms with E-state index < -0.39 is 23.2 Å². The van der Waals surface area contributed by atoms with Crippen LogP contribution in [0.15, 0.2) is 77.3 Å². The van der Waals surface area contributed by atoms with E-state index in [-0.39, 0.29) is 30.8 Å². The van der Waals surface area contributed by atoms with Gasteiger partial charge in [0, 0.05) is 5.56 Å². The second-order valence-electron chi connectivity index (χ2n) is 10.6. The summed E-state index contributed by atoms with van der Waals surface area (Å²) in [4.78, 5) is 24.8. The monoisotopic (exact) mass is 709 g/mol. The summed E-state index contributed by atoms with van der Waals surface area (Å²) in [7, 11) is 3.11. The van der Waals surface area contributed by atoms with E-state index in [0.29, 0.717) is 38.5 Å². The van der Waals surface area contributed by atoms with Crippen LogP contribution in [0.1, 0.15) is 44.0 Å². The lowest BCUT2D eigenvalue weighted by Gasteiger charge is -2.26. The zero-order chi connectivity index (χ0) is 33.9. The van der Waals surface area contributed by atoms with Crippen molar-refractivity contribution in [2.24, 2.45) is 0 Å². The molecular formula is C34H31BrF3N5O4. The highest BCUT2D eigenvalue weighted by Gasteiger charge is 2.37. The Morgan fingerprint density at radius 3 is 2.04 bits per heavy atom. The predicted molar refractivity (Wildman–Crippen MR) is 173 cm³/mol. The Labute approximate surface area is 278 Å². The summed E-state index contributed by atoms with van der Waals surface area (Å²) in [5.74, 6) is 0.922. The molecule has 0 saturated carbocycles. The van der Waals surface area contributed by atoms with E-state index in [1.54, 1.807) is 52.1 Å². The Balaban J connectivity index is 1.62. The minimum Gasteiger partial charge on any atom is -0.497 e. The van der Waals surface area contributed by atoms with E-state index in [1.165, 1.54) is 34.9 Å². The van der Waals surface area contributed by atoms with Crippen molar-refractivity contribution in [3.05, 3.63) is 116 Å². The van der Waals surface area contributed by atoms with Gasteiger partial charge in [0.15, 0.2) is 0 Å². The fraction of sp³-hybridized carbons (Fsp3) is 0.235. The molecule has 0 fully saturated rings. The molecule has 1 amide bonds. The molecule has 0 bridgehead atoms. The number of aryl methyl sites for hydroxylation is 2. The van der Waals surface area contributed by atoms with Crippen LogP contribution < -0.4 is 19.1 Å². The number of anilines is 1. The fourth-order valence-electron chi connectivity index (χ4n) is 4.85. The van der Waals surface area contributed by atoms with Crippen molar-refractivity contribution in [2.45, 2.75) is 40.1 Å². The second-order valence-corrected chi connectivity index (χ2v) is 11.4. The van der Waals surface area contributed by atoms with Crippen LogP contribution >= 0.6 is 15.9 Å². The molecule has 0 aliphatic rings. The Kier molecular flexibility index (Phi) is 9.85. The number of alkyl halides is 3. The van der Waals surface area contributed by atoms with Gasteiger partial charge in [-0.3, -0.25) is 9.69 Å². The summed E-state index contributed by atoms with van der Waals surface area (Å²) in [6, 6.07) is 19.0. The molecule has 2 aromatic heterocycles. The number of carbonyl (C=O) groups excluding carboxylic acids is 1. The molecule has 9 nitrogen and oxygen atoms in total. The number of carbonyl (C=O) groups is 1. The predicted octanol–water partition coefficient (Wildman–Crippen LogP) is 7.81. The first kappa shape index (κ1) is 33.5. The summed E-state index contributed by atoms with van der Waals surface area (Å²) < 4.78 is 60.8. The largest absolute Gasteiger partial charge is 0.497 e. The SMILES string of the molecule is COc1ccc(COc2nc(-n3nc(C)c(C)c3N(Cc3ccc(OC)cc3)C(=O)c3ccccc3C(F)(F)F)nc(C)c2Br)cc1. The van der Waals surface area contributed by atoms with E-state index in [9.17, 15) is 18.0 Å². The van der Waals surface area contributed by atoms with Crippen LogP contribution in [0.5, 0.6) is 17.4 Å². The van der Waals surface area contributed by atoms with Crippen LogP contribution in [0.2, 0.25) is 0 Å². The molecule has 2 heterocycles. The molecule has 5 aromatic rings. The molecule has 0 spiro atoms. The highest BCUT2D eigenvalue weighted by molar-refractivity contribution is 9.10. The standard InChI is InChI=1S/C34H31BrF3N5O4/c1-20-21(2)41-43(33-39-22(3)29(35)30(40-33)47-19-24-12-16-26(46-5)17-13-24)31(20)42(18-23-10-14-25(45-4)15-11-23)32(44)27-8-6-7-9-28(27)34(36,37)38/h6-17H,18-19H2,1-5H3. The number of hydrogen-bond acceptors (Lipinski definition) is 7. The molecule has 0 aliphatic heterocycles. The second kappa shape index (κ2) is 13.8. The summed E-state index contributed by atoms with van der Waals surface area (Å²) >= 11 is 3.51. The number of nitrogens with zero attached hydrogens (tertiary/aromatic N) is 5. The maximum atomic E-state index is 14.3. The van der Waals surface area contributed by atoms with Crippen LogP contribution in [0.4, 0.5) is 19.0 Å². The van der Waals surface area contributed by atoms with E-state index >= 15 is 0 Å². The molecule has 244 valence electrons. The highest BCUT2D eigenvalue weighted by atomic mass is 79.9. The molecule has 0 radical (unpaired) electrons. The Morgan fingerprint density at radius 1 is 0.851 bits per heavy atom. The van der Waals surface area contributed by atoms with Crippen LogP contribution in [0.3, 0.4) is 0 Å². The summed E-state index contributed by atoms with van der Waals surface area (Å²) in [5, 5.41) is 4.64. The van der Waals surface area contributed by atoms with Crippen LogP contribution in [0, 0.1) is 20.8 Å². The van der Waals surface area contributed by atoms with Gasteiger partial charge >= 0.3 is 6.18 Å². The lowest BCUT2D eigenvalue weighted by atomic mass is 10.0. The molecular weight excluding hydrogens is 679 g/mol. The molecule has 0 N–H and O–H groups in total. The number of hydrogen-bond donors (Lipinski definition) is 0. The minimum absolute atomic E-state index is 0.0678. The molecule has 0 unspecified atom stereocenters. The molecule has 13 heteroatoms. The van der Waals surface area contributed by atoms with Crippen LogP contribution in [0.25, 0.3) is 5.95 Å². The van der Waals surface area contributed by atoms with Crippen molar-refractivity contribution in [2.75, 3.05) is 19.1 Å². The average Bonchev–Trinajstić information content (AvgIpc) is 3.37. The average molecular weight is 711 g/mol. The zero-order valence-corrected chi connectivity index (χ0v) is 27.8. The minimum atomic E-state index is -4.76. The maximum Gasteiger partial charge on any atom is 0.417 e. The molecule has 0 atom stereocenters. The van der Waals surface area contributed by atoms with Crippen molar-refractivity contribution in [3.8, 4) is 23.3 Å². The number of methoxy groups -OCH3 is 2. The zero-order valence-electron chi connectivity index (χ0n) is 26.2. The topological polar surface area (TPSA) is 91.6 Å². The van der Waals surface area contributed by atoms with Crippen LogP contribution in [-0.4, -0.2) is 39.9 Å². The van der Waals surface area contributed by atoms with E-state index in [0.717, 1.165) is 11.6 Å². The quantitative estimate of drug-likeness (QED) is 0.146. The summed E-state index contributed by atoms with van der Waals surface area (Å²) in [6.45, 7) is 5.32. The van der Waals surface area contributed by atoms with Gasteiger partial charge in [0.1, 0.15) is 28.4 Å². The first-order chi connectivity index (χ1) is 22.4. The number of aromatic nitrogens is 4. The van der Waals surface area contributed by atoms with Gasteiger partial charge in [0.2, 0.25) is 5.88 Å². The van der Waals surface area contributed by atoms with Gasteiger partial charge in [-0.15, -0.1) is 0 Å². The Morgan fingerprint density at radius 2 is 1.45 bits per heavy atom. The summed E-state index contributed by atoms with van der Waals surface area (Å²) in [6.07, 6.45) is -4.76. The first-order valence-corrected chi connectivity index (χ1v) is 15.2. The third-order valence-corrected chi connectivity index (χ3v) is 8.40. The van der Waals surface area contributed by atoms with Crippen molar-refractivity contribution in [3.63, 3.8) is 0 Å². The lowest BCUT2D eigenvalue weighted by Crippen LogP contribution is -2.34. The molecule has 5 rings (SSSR count). The van der Waals surface area contributed by atoms with Gasteiger partial charge in [-0.25, -0.2) is 4.98 Å².